The number of piperazine rings is 1. The van der Waals surface area contributed by atoms with Gasteiger partial charge in [0.05, 0.1) is 0 Å². The first-order valence-corrected chi connectivity index (χ1v) is 8.14. The number of rotatable bonds is 4. The summed E-state index contributed by atoms with van der Waals surface area (Å²) < 4.78 is 0. The van der Waals surface area contributed by atoms with Crippen molar-refractivity contribution in [2.24, 2.45) is 5.73 Å². The maximum Gasteiger partial charge on any atom is 0.129 e. The summed E-state index contributed by atoms with van der Waals surface area (Å²) >= 11 is 0. The second-order valence-corrected chi connectivity index (χ2v) is 6.92. The lowest BCUT2D eigenvalue weighted by atomic mass is 10.0. The molecule has 0 atom stereocenters. The molecule has 0 saturated carbocycles. The lowest BCUT2D eigenvalue weighted by Gasteiger charge is -2.42. The summed E-state index contributed by atoms with van der Waals surface area (Å²) in [4.78, 5) is 9.78. The largest absolute Gasteiger partial charge is 0.354 e. The van der Waals surface area contributed by atoms with E-state index in [9.17, 15) is 0 Å². The molecule has 2 heterocycles. The van der Waals surface area contributed by atoms with Crippen molar-refractivity contribution in [1.29, 1.82) is 0 Å². The van der Waals surface area contributed by atoms with E-state index < -0.39 is 0 Å². The van der Waals surface area contributed by atoms with Crippen molar-refractivity contribution < 1.29 is 0 Å². The lowest BCUT2D eigenvalue weighted by Crippen LogP contribution is -2.53. The molecule has 0 radical (unpaired) electrons. The summed E-state index contributed by atoms with van der Waals surface area (Å²) in [6, 6.07) is 4.31. The van der Waals surface area contributed by atoms with Crippen molar-refractivity contribution in [2.75, 3.05) is 31.1 Å². The minimum Gasteiger partial charge on any atom is -0.354 e. The highest BCUT2D eigenvalue weighted by atomic mass is 15.3. The predicted octanol–water partition coefficient (Wildman–Crippen LogP) is 2.41. The van der Waals surface area contributed by atoms with Gasteiger partial charge < -0.3 is 10.6 Å². The maximum atomic E-state index is 5.84. The van der Waals surface area contributed by atoms with Crippen LogP contribution in [0.3, 0.4) is 0 Å². The van der Waals surface area contributed by atoms with Crippen molar-refractivity contribution in [3.63, 3.8) is 0 Å². The van der Waals surface area contributed by atoms with Crippen molar-refractivity contribution in [3.05, 3.63) is 23.4 Å². The smallest absolute Gasteiger partial charge is 0.129 e. The fourth-order valence-corrected chi connectivity index (χ4v) is 2.90. The maximum absolute atomic E-state index is 5.84. The normalized spacial score (nSPS) is 17.3. The third-order valence-corrected chi connectivity index (χ3v) is 4.22. The van der Waals surface area contributed by atoms with E-state index >= 15 is 0 Å². The summed E-state index contributed by atoms with van der Waals surface area (Å²) in [5.41, 5.74) is 8.46. The van der Waals surface area contributed by atoms with Crippen molar-refractivity contribution in [2.45, 2.75) is 52.6 Å². The Kier molecular flexibility index (Phi) is 5.22. The third kappa shape index (κ3) is 4.17. The molecule has 1 fully saturated rings. The zero-order valence-electron chi connectivity index (χ0n) is 14.0. The molecule has 1 aromatic heterocycles. The van der Waals surface area contributed by atoms with Crippen LogP contribution in [0.5, 0.6) is 0 Å². The monoisotopic (exact) mass is 290 g/mol. The minimum absolute atomic E-state index is 0.256. The third-order valence-electron chi connectivity index (χ3n) is 4.22. The van der Waals surface area contributed by atoms with Gasteiger partial charge in [0.2, 0.25) is 0 Å². The van der Waals surface area contributed by atoms with Gasteiger partial charge in [-0.25, -0.2) is 4.98 Å². The van der Waals surface area contributed by atoms with Gasteiger partial charge in [0, 0.05) is 44.0 Å². The SMILES string of the molecule is CCCc1cc(CN)cc(N2CCN(C(C)(C)C)CC2)n1. The standard InChI is InChI=1S/C17H30N4/c1-5-6-15-11-14(13-18)12-16(19-15)20-7-9-21(10-8-20)17(2,3)4/h11-12H,5-10,13,18H2,1-4H3. The summed E-state index contributed by atoms with van der Waals surface area (Å²) in [6.07, 6.45) is 2.15. The van der Waals surface area contributed by atoms with Crippen LogP contribution in [0.2, 0.25) is 0 Å². The lowest BCUT2D eigenvalue weighted by molar-refractivity contribution is 0.128. The Morgan fingerprint density at radius 2 is 1.81 bits per heavy atom. The predicted molar refractivity (Wildman–Crippen MR) is 89.7 cm³/mol. The van der Waals surface area contributed by atoms with Crippen LogP contribution in [0.1, 0.15) is 45.4 Å². The zero-order chi connectivity index (χ0) is 15.5. The number of nitrogens with two attached hydrogens (primary N) is 1. The molecule has 0 bridgehead atoms. The second kappa shape index (κ2) is 6.75. The highest BCUT2D eigenvalue weighted by Crippen LogP contribution is 2.21. The Balaban J connectivity index is 2.10. The molecule has 0 spiro atoms. The van der Waals surface area contributed by atoms with Gasteiger partial charge in [-0.15, -0.1) is 0 Å². The first kappa shape index (κ1) is 16.2. The van der Waals surface area contributed by atoms with Crippen LogP contribution in [0.4, 0.5) is 5.82 Å². The molecule has 1 saturated heterocycles. The van der Waals surface area contributed by atoms with Crippen molar-refractivity contribution >= 4 is 5.82 Å². The van der Waals surface area contributed by atoms with Gasteiger partial charge in [0.15, 0.2) is 0 Å². The molecule has 1 aliphatic rings. The molecule has 2 rings (SSSR count). The van der Waals surface area contributed by atoms with Crippen LogP contribution in [0, 0.1) is 0 Å². The van der Waals surface area contributed by atoms with Gasteiger partial charge in [-0.1, -0.05) is 13.3 Å². The molecule has 1 aliphatic heterocycles. The number of anilines is 1. The van der Waals surface area contributed by atoms with Gasteiger partial charge in [-0.3, -0.25) is 4.90 Å². The highest BCUT2D eigenvalue weighted by Gasteiger charge is 2.26. The van der Waals surface area contributed by atoms with Gasteiger partial charge in [0.25, 0.3) is 0 Å². The topological polar surface area (TPSA) is 45.4 Å². The molecular weight excluding hydrogens is 260 g/mol. The Morgan fingerprint density at radius 1 is 1.14 bits per heavy atom. The quantitative estimate of drug-likeness (QED) is 0.925. The number of aromatic nitrogens is 1. The van der Waals surface area contributed by atoms with E-state index in [-0.39, 0.29) is 5.54 Å². The Hall–Kier alpha value is -1.13. The van der Waals surface area contributed by atoms with E-state index in [1.807, 2.05) is 0 Å². The molecule has 1 aromatic rings. The van der Waals surface area contributed by atoms with Crippen molar-refractivity contribution in [1.82, 2.24) is 9.88 Å². The second-order valence-electron chi connectivity index (χ2n) is 6.92. The average Bonchev–Trinajstić information content (AvgIpc) is 2.46. The molecular formula is C17H30N4. The number of pyridine rings is 1. The Bertz CT molecular complexity index is 456. The highest BCUT2D eigenvalue weighted by molar-refractivity contribution is 5.43. The van der Waals surface area contributed by atoms with Crippen LogP contribution in [-0.2, 0) is 13.0 Å². The molecule has 0 amide bonds. The molecule has 2 N–H and O–H groups in total. The minimum atomic E-state index is 0.256. The molecule has 0 aliphatic carbocycles. The van der Waals surface area contributed by atoms with E-state index in [1.165, 1.54) is 11.3 Å². The van der Waals surface area contributed by atoms with E-state index in [2.05, 4.69) is 49.6 Å². The molecule has 4 nitrogen and oxygen atoms in total. The number of hydrogen-bond donors (Lipinski definition) is 1. The first-order valence-electron chi connectivity index (χ1n) is 8.14. The average molecular weight is 290 g/mol. The van der Waals surface area contributed by atoms with Crippen LogP contribution >= 0.6 is 0 Å². The number of aryl methyl sites for hydroxylation is 1. The molecule has 0 unspecified atom stereocenters. The summed E-state index contributed by atoms with van der Waals surface area (Å²) in [6.45, 7) is 13.9. The zero-order valence-corrected chi connectivity index (χ0v) is 14.0. The van der Waals surface area contributed by atoms with E-state index in [0.717, 1.165) is 44.8 Å². The van der Waals surface area contributed by atoms with Crippen LogP contribution in [-0.4, -0.2) is 41.6 Å². The van der Waals surface area contributed by atoms with Crippen molar-refractivity contribution in [3.8, 4) is 0 Å². The summed E-state index contributed by atoms with van der Waals surface area (Å²) in [5.74, 6) is 1.11. The van der Waals surface area contributed by atoms with Crippen LogP contribution < -0.4 is 10.6 Å². The summed E-state index contributed by atoms with van der Waals surface area (Å²) in [7, 11) is 0. The number of nitrogens with zero attached hydrogens (tertiary/aromatic N) is 3. The molecule has 0 aromatic carbocycles. The van der Waals surface area contributed by atoms with Gasteiger partial charge in [-0.05, 0) is 44.9 Å². The summed E-state index contributed by atoms with van der Waals surface area (Å²) in [5, 5.41) is 0. The van der Waals surface area contributed by atoms with Crippen LogP contribution in [0.25, 0.3) is 0 Å². The Labute approximate surface area is 129 Å². The van der Waals surface area contributed by atoms with Gasteiger partial charge >= 0.3 is 0 Å². The fourth-order valence-electron chi connectivity index (χ4n) is 2.90. The Morgan fingerprint density at radius 3 is 2.33 bits per heavy atom. The van der Waals surface area contributed by atoms with E-state index in [4.69, 9.17) is 10.7 Å². The molecule has 4 heteroatoms. The fraction of sp³-hybridized carbons (Fsp3) is 0.706. The van der Waals surface area contributed by atoms with E-state index in [1.54, 1.807) is 0 Å². The first-order chi connectivity index (χ1) is 9.94. The number of hydrogen-bond acceptors (Lipinski definition) is 4. The van der Waals surface area contributed by atoms with Gasteiger partial charge in [0.1, 0.15) is 5.82 Å². The molecule has 118 valence electrons. The van der Waals surface area contributed by atoms with E-state index in [0.29, 0.717) is 6.54 Å². The van der Waals surface area contributed by atoms with Gasteiger partial charge in [-0.2, -0.15) is 0 Å². The van der Waals surface area contributed by atoms with Crippen LogP contribution in [0.15, 0.2) is 12.1 Å². The molecule has 21 heavy (non-hydrogen) atoms.